The first kappa shape index (κ1) is 18.0. The van der Waals surface area contributed by atoms with Crippen LogP contribution in [0, 0.1) is 6.92 Å². The molecule has 142 valence electrons. The molecule has 2 aromatic heterocycles. The third kappa shape index (κ3) is 3.20. The van der Waals surface area contributed by atoms with Crippen molar-refractivity contribution in [2.45, 2.75) is 33.2 Å². The fraction of sp³-hybridized carbons (Fsp3) is 0.217. The van der Waals surface area contributed by atoms with Gasteiger partial charge in [-0.1, -0.05) is 30.3 Å². The van der Waals surface area contributed by atoms with E-state index in [4.69, 9.17) is 8.83 Å². The van der Waals surface area contributed by atoms with Gasteiger partial charge in [0, 0.05) is 28.4 Å². The highest BCUT2D eigenvalue weighted by Crippen LogP contribution is 2.34. The molecule has 0 fully saturated rings. The predicted octanol–water partition coefficient (Wildman–Crippen LogP) is 4.58. The fourth-order valence-corrected chi connectivity index (χ4v) is 3.49. The van der Waals surface area contributed by atoms with Gasteiger partial charge in [-0.15, -0.1) is 0 Å². The van der Waals surface area contributed by atoms with Crippen LogP contribution in [0.25, 0.3) is 33.1 Å². The Morgan fingerprint density at radius 3 is 2.54 bits per heavy atom. The summed E-state index contributed by atoms with van der Waals surface area (Å²) in [6, 6.07) is 13.7. The molecule has 4 aromatic rings. The molecule has 0 saturated heterocycles. The van der Waals surface area contributed by atoms with Crippen LogP contribution in [-0.4, -0.2) is 11.9 Å². The molecule has 1 amide bonds. The largest absolute Gasteiger partial charge is 0.464 e. The van der Waals surface area contributed by atoms with Crippen molar-refractivity contribution in [2.75, 3.05) is 0 Å². The van der Waals surface area contributed by atoms with E-state index in [-0.39, 0.29) is 18.4 Å². The molecule has 0 spiro atoms. The maximum atomic E-state index is 12.5. The number of furan rings is 1. The highest BCUT2D eigenvalue weighted by atomic mass is 16.4. The highest BCUT2D eigenvalue weighted by molar-refractivity contribution is 6.02. The molecular formula is C23H21NO4. The second-order valence-electron chi connectivity index (χ2n) is 7.25. The van der Waals surface area contributed by atoms with Gasteiger partial charge in [0.1, 0.15) is 11.2 Å². The molecule has 28 heavy (non-hydrogen) atoms. The first-order chi connectivity index (χ1) is 13.4. The van der Waals surface area contributed by atoms with E-state index in [0.717, 1.165) is 27.5 Å². The van der Waals surface area contributed by atoms with Crippen LogP contribution < -0.4 is 10.9 Å². The summed E-state index contributed by atoms with van der Waals surface area (Å²) in [5.41, 5.74) is 3.78. The van der Waals surface area contributed by atoms with Crippen LogP contribution in [-0.2, 0) is 11.2 Å². The lowest BCUT2D eigenvalue weighted by Crippen LogP contribution is -2.33. The van der Waals surface area contributed by atoms with E-state index in [1.54, 1.807) is 12.3 Å². The number of amides is 1. The van der Waals surface area contributed by atoms with Crippen LogP contribution in [0.5, 0.6) is 0 Å². The number of benzene rings is 2. The van der Waals surface area contributed by atoms with E-state index in [2.05, 4.69) is 5.32 Å². The molecule has 5 heteroatoms. The second-order valence-corrected chi connectivity index (χ2v) is 7.25. The summed E-state index contributed by atoms with van der Waals surface area (Å²) in [7, 11) is 0. The monoisotopic (exact) mass is 375 g/mol. The Bertz CT molecular complexity index is 1230. The normalized spacial score (nSPS) is 11.4. The molecule has 0 atom stereocenters. The van der Waals surface area contributed by atoms with E-state index in [1.807, 2.05) is 57.2 Å². The smallest absolute Gasteiger partial charge is 0.340 e. The molecule has 0 radical (unpaired) electrons. The number of rotatable bonds is 4. The lowest BCUT2D eigenvalue weighted by molar-refractivity contribution is -0.120. The molecule has 0 bridgehead atoms. The summed E-state index contributed by atoms with van der Waals surface area (Å²) in [6.07, 6.45) is 1.71. The van der Waals surface area contributed by atoms with Crippen molar-refractivity contribution in [2.24, 2.45) is 0 Å². The first-order valence-electron chi connectivity index (χ1n) is 9.26. The third-order valence-electron chi connectivity index (χ3n) is 4.85. The average Bonchev–Trinajstić information content (AvgIpc) is 3.07. The van der Waals surface area contributed by atoms with E-state index < -0.39 is 5.63 Å². The minimum absolute atomic E-state index is 0.00273. The average molecular weight is 375 g/mol. The summed E-state index contributed by atoms with van der Waals surface area (Å²) < 4.78 is 11.2. The standard InChI is InChI=1S/C23H21NO4/c1-13(2)24-22(25)10-17-14(3)16-9-18-19(15-7-5-4-6-8-15)12-27-20(18)11-21(16)28-23(17)26/h4-9,11-13H,10H2,1-3H3,(H,24,25). The van der Waals surface area contributed by atoms with Crippen molar-refractivity contribution < 1.29 is 13.6 Å². The van der Waals surface area contributed by atoms with Crippen molar-refractivity contribution in [1.29, 1.82) is 0 Å². The van der Waals surface area contributed by atoms with Gasteiger partial charge in [0.15, 0.2) is 0 Å². The molecule has 5 nitrogen and oxygen atoms in total. The summed E-state index contributed by atoms with van der Waals surface area (Å²) in [4.78, 5) is 24.6. The van der Waals surface area contributed by atoms with Gasteiger partial charge in [-0.2, -0.15) is 0 Å². The maximum absolute atomic E-state index is 12.5. The Morgan fingerprint density at radius 2 is 1.82 bits per heavy atom. The summed E-state index contributed by atoms with van der Waals surface area (Å²) in [6.45, 7) is 5.62. The molecular weight excluding hydrogens is 354 g/mol. The van der Waals surface area contributed by atoms with Crippen LogP contribution >= 0.6 is 0 Å². The summed E-state index contributed by atoms with van der Waals surface area (Å²) >= 11 is 0. The number of hydrogen-bond donors (Lipinski definition) is 1. The number of fused-ring (bicyclic) bond motifs is 2. The van der Waals surface area contributed by atoms with Gasteiger partial charge in [0.25, 0.3) is 0 Å². The zero-order valence-corrected chi connectivity index (χ0v) is 16.0. The first-order valence-corrected chi connectivity index (χ1v) is 9.26. The van der Waals surface area contributed by atoms with Gasteiger partial charge >= 0.3 is 5.63 Å². The number of hydrogen-bond acceptors (Lipinski definition) is 4. The Morgan fingerprint density at radius 1 is 1.07 bits per heavy atom. The van der Waals surface area contributed by atoms with E-state index in [1.165, 1.54) is 0 Å². The van der Waals surface area contributed by atoms with Gasteiger partial charge in [-0.05, 0) is 38.0 Å². The Labute approximate surface area is 162 Å². The van der Waals surface area contributed by atoms with Crippen LogP contribution in [0.1, 0.15) is 25.0 Å². The SMILES string of the molecule is Cc1c(CC(=O)NC(C)C)c(=O)oc2cc3occ(-c4ccccc4)c3cc12. The van der Waals surface area contributed by atoms with Gasteiger partial charge < -0.3 is 14.2 Å². The summed E-state index contributed by atoms with van der Waals surface area (Å²) in [5.74, 6) is -0.195. The predicted molar refractivity (Wildman–Crippen MR) is 109 cm³/mol. The van der Waals surface area contributed by atoms with Crippen LogP contribution in [0.2, 0.25) is 0 Å². The van der Waals surface area contributed by atoms with Crippen LogP contribution in [0.3, 0.4) is 0 Å². The zero-order chi connectivity index (χ0) is 19.8. The molecule has 2 aromatic carbocycles. The van der Waals surface area contributed by atoms with Crippen molar-refractivity contribution in [3.8, 4) is 11.1 Å². The van der Waals surface area contributed by atoms with E-state index in [9.17, 15) is 9.59 Å². The molecule has 0 saturated carbocycles. The van der Waals surface area contributed by atoms with E-state index >= 15 is 0 Å². The van der Waals surface area contributed by atoms with Gasteiger partial charge in [0.2, 0.25) is 5.91 Å². The number of carbonyl (C=O) groups excluding carboxylic acids is 1. The molecule has 0 aliphatic carbocycles. The van der Waals surface area contributed by atoms with Crippen LogP contribution in [0.15, 0.2) is 62.4 Å². The second kappa shape index (κ2) is 7.00. The quantitative estimate of drug-likeness (QED) is 0.530. The third-order valence-corrected chi connectivity index (χ3v) is 4.85. The molecule has 1 N–H and O–H groups in total. The Kier molecular flexibility index (Phi) is 4.51. The number of carbonyl (C=O) groups is 1. The zero-order valence-electron chi connectivity index (χ0n) is 16.0. The Balaban J connectivity index is 1.87. The maximum Gasteiger partial charge on any atom is 0.340 e. The van der Waals surface area contributed by atoms with Crippen molar-refractivity contribution >= 4 is 27.8 Å². The molecule has 4 rings (SSSR count). The molecule has 2 heterocycles. The fourth-order valence-electron chi connectivity index (χ4n) is 3.49. The van der Waals surface area contributed by atoms with Gasteiger partial charge in [0.05, 0.1) is 18.2 Å². The molecule has 0 aliphatic rings. The molecule has 0 aliphatic heterocycles. The molecule has 0 unspecified atom stereocenters. The van der Waals surface area contributed by atoms with Crippen molar-refractivity contribution in [3.05, 3.63) is 70.3 Å². The summed E-state index contributed by atoms with van der Waals surface area (Å²) in [5, 5.41) is 4.56. The minimum atomic E-state index is -0.488. The number of nitrogens with one attached hydrogen (secondary N) is 1. The minimum Gasteiger partial charge on any atom is -0.464 e. The van der Waals surface area contributed by atoms with Crippen molar-refractivity contribution in [3.63, 3.8) is 0 Å². The van der Waals surface area contributed by atoms with E-state index in [0.29, 0.717) is 16.7 Å². The highest BCUT2D eigenvalue weighted by Gasteiger charge is 2.18. The van der Waals surface area contributed by atoms with Gasteiger partial charge in [-0.3, -0.25) is 4.79 Å². The topological polar surface area (TPSA) is 72.5 Å². The van der Waals surface area contributed by atoms with Crippen LogP contribution in [0.4, 0.5) is 0 Å². The lowest BCUT2D eigenvalue weighted by Gasteiger charge is -2.10. The van der Waals surface area contributed by atoms with Crippen molar-refractivity contribution in [1.82, 2.24) is 5.32 Å². The number of aryl methyl sites for hydroxylation is 1. The Hall–Kier alpha value is -3.34. The lowest BCUT2D eigenvalue weighted by atomic mass is 9.99. The van der Waals surface area contributed by atoms with Gasteiger partial charge in [-0.25, -0.2) is 4.79 Å².